The van der Waals surface area contributed by atoms with E-state index in [9.17, 15) is 0 Å². The van der Waals surface area contributed by atoms with Gasteiger partial charge in [-0.3, -0.25) is 0 Å². The standard InChI is InChI=1S/C12H15Cl2N/c1-3-5-12(15-4-2)10-8-9(13)6-7-11(10)14/h3,6-8,12,15H,1,4-5H2,2H3. The zero-order valence-electron chi connectivity index (χ0n) is 8.76. The van der Waals surface area contributed by atoms with E-state index < -0.39 is 0 Å². The molecule has 0 fully saturated rings. The second kappa shape index (κ2) is 6.16. The molecule has 1 rings (SSSR count). The number of hydrogen-bond acceptors (Lipinski definition) is 1. The van der Waals surface area contributed by atoms with Crippen molar-refractivity contribution in [2.24, 2.45) is 0 Å². The Hall–Kier alpha value is -0.500. The van der Waals surface area contributed by atoms with Gasteiger partial charge in [0.05, 0.1) is 0 Å². The molecule has 1 aromatic carbocycles. The normalized spacial score (nSPS) is 12.5. The number of nitrogens with one attached hydrogen (secondary N) is 1. The van der Waals surface area contributed by atoms with E-state index in [1.54, 1.807) is 6.07 Å². The summed E-state index contributed by atoms with van der Waals surface area (Å²) in [5.74, 6) is 0. The van der Waals surface area contributed by atoms with Crippen LogP contribution in [0.25, 0.3) is 0 Å². The Labute approximate surface area is 101 Å². The van der Waals surface area contributed by atoms with Crippen LogP contribution in [0.15, 0.2) is 30.9 Å². The molecule has 0 amide bonds. The maximum Gasteiger partial charge on any atom is 0.0454 e. The van der Waals surface area contributed by atoms with Gasteiger partial charge in [-0.25, -0.2) is 0 Å². The number of halogens is 2. The van der Waals surface area contributed by atoms with Gasteiger partial charge in [0.15, 0.2) is 0 Å². The van der Waals surface area contributed by atoms with Crippen LogP contribution in [0.5, 0.6) is 0 Å². The molecule has 1 unspecified atom stereocenters. The van der Waals surface area contributed by atoms with Gasteiger partial charge in [-0.1, -0.05) is 36.2 Å². The molecule has 0 saturated carbocycles. The summed E-state index contributed by atoms with van der Waals surface area (Å²) in [4.78, 5) is 0. The van der Waals surface area contributed by atoms with Crippen molar-refractivity contribution in [1.29, 1.82) is 0 Å². The maximum atomic E-state index is 6.13. The van der Waals surface area contributed by atoms with E-state index in [4.69, 9.17) is 23.2 Å². The van der Waals surface area contributed by atoms with Crippen molar-refractivity contribution in [1.82, 2.24) is 5.32 Å². The minimum Gasteiger partial charge on any atom is -0.310 e. The molecule has 0 radical (unpaired) electrons. The zero-order valence-corrected chi connectivity index (χ0v) is 10.3. The van der Waals surface area contributed by atoms with E-state index in [1.165, 1.54) is 0 Å². The van der Waals surface area contributed by atoms with Crippen LogP contribution < -0.4 is 5.32 Å². The molecule has 1 atom stereocenters. The Bertz CT molecular complexity index is 336. The third-order valence-electron chi connectivity index (χ3n) is 2.19. The molecule has 0 aliphatic rings. The van der Waals surface area contributed by atoms with Crippen molar-refractivity contribution in [3.05, 3.63) is 46.5 Å². The first kappa shape index (κ1) is 12.6. The van der Waals surface area contributed by atoms with Crippen molar-refractivity contribution in [2.45, 2.75) is 19.4 Å². The zero-order chi connectivity index (χ0) is 11.3. The summed E-state index contributed by atoms with van der Waals surface area (Å²) in [5.41, 5.74) is 1.03. The highest BCUT2D eigenvalue weighted by atomic mass is 35.5. The summed E-state index contributed by atoms with van der Waals surface area (Å²) < 4.78 is 0. The molecule has 1 aromatic rings. The number of rotatable bonds is 5. The predicted molar refractivity (Wildman–Crippen MR) is 67.7 cm³/mol. The first-order valence-corrected chi connectivity index (χ1v) is 5.73. The highest BCUT2D eigenvalue weighted by Crippen LogP contribution is 2.28. The van der Waals surface area contributed by atoms with Gasteiger partial charge >= 0.3 is 0 Å². The summed E-state index contributed by atoms with van der Waals surface area (Å²) in [6, 6.07) is 5.72. The minimum atomic E-state index is 0.193. The lowest BCUT2D eigenvalue weighted by molar-refractivity contribution is 0.559. The van der Waals surface area contributed by atoms with Crippen molar-refractivity contribution < 1.29 is 0 Å². The molecule has 1 nitrogen and oxygen atoms in total. The Morgan fingerprint density at radius 2 is 2.20 bits per heavy atom. The van der Waals surface area contributed by atoms with Gasteiger partial charge in [0.2, 0.25) is 0 Å². The predicted octanol–water partition coefficient (Wildman–Crippen LogP) is 4.22. The average Bonchev–Trinajstić information content (AvgIpc) is 2.21. The fourth-order valence-corrected chi connectivity index (χ4v) is 1.94. The molecule has 0 bridgehead atoms. The SMILES string of the molecule is C=CCC(NCC)c1cc(Cl)ccc1Cl. The Morgan fingerprint density at radius 1 is 1.47 bits per heavy atom. The molecule has 1 N–H and O–H groups in total. The fraction of sp³-hybridized carbons (Fsp3) is 0.333. The third-order valence-corrected chi connectivity index (χ3v) is 2.77. The summed E-state index contributed by atoms with van der Waals surface area (Å²) in [7, 11) is 0. The largest absolute Gasteiger partial charge is 0.310 e. The van der Waals surface area contributed by atoms with Crippen molar-refractivity contribution in [3.63, 3.8) is 0 Å². The lowest BCUT2D eigenvalue weighted by Gasteiger charge is -2.18. The van der Waals surface area contributed by atoms with Crippen LogP contribution in [0.2, 0.25) is 10.0 Å². The molecular formula is C12H15Cl2N. The molecule has 82 valence electrons. The lowest BCUT2D eigenvalue weighted by atomic mass is 10.0. The highest BCUT2D eigenvalue weighted by molar-refractivity contribution is 6.33. The van der Waals surface area contributed by atoms with Crippen molar-refractivity contribution in [3.8, 4) is 0 Å². The van der Waals surface area contributed by atoms with Gasteiger partial charge in [-0.15, -0.1) is 6.58 Å². The fourth-order valence-electron chi connectivity index (χ4n) is 1.51. The molecule has 0 aliphatic carbocycles. The van der Waals surface area contributed by atoms with Crippen LogP contribution >= 0.6 is 23.2 Å². The summed E-state index contributed by atoms with van der Waals surface area (Å²) >= 11 is 12.1. The molecule has 0 aliphatic heterocycles. The van der Waals surface area contributed by atoms with Crippen LogP contribution in [0.1, 0.15) is 24.9 Å². The third kappa shape index (κ3) is 3.53. The van der Waals surface area contributed by atoms with Gasteiger partial charge in [0, 0.05) is 16.1 Å². The average molecular weight is 244 g/mol. The highest BCUT2D eigenvalue weighted by Gasteiger charge is 2.12. The minimum absolute atomic E-state index is 0.193. The molecule has 0 aromatic heterocycles. The van der Waals surface area contributed by atoms with E-state index in [0.29, 0.717) is 5.02 Å². The van der Waals surface area contributed by atoms with Gasteiger partial charge < -0.3 is 5.32 Å². The van der Waals surface area contributed by atoms with Crippen molar-refractivity contribution >= 4 is 23.2 Å². The Kier molecular flexibility index (Phi) is 5.16. The van der Waals surface area contributed by atoms with Gasteiger partial charge in [-0.05, 0) is 36.7 Å². The monoisotopic (exact) mass is 243 g/mol. The molecular weight excluding hydrogens is 229 g/mol. The van der Waals surface area contributed by atoms with Crippen LogP contribution in [0.3, 0.4) is 0 Å². The van der Waals surface area contributed by atoms with E-state index in [0.717, 1.165) is 23.6 Å². The van der Waals surface area contributed by atoms with E-state index >= 15 is 0 Å². The van der Waals surface area contributed by atoms with Crippen LogP contribution in [-0.2, 0) is 0 Å². The van der Waals surface area contributed by atoms with Gasteiger partial charge in [0.25, 0.3) is 0 Å². The first-order chi connectivity index (χ1) is 7.19. The van der Waals surface area contributed by atoms with Gasteiger partial charge in [-0.2, -0.15) is 0 Å². The first-order valence-electron chi connectivity index (χ1n) is 4.98. The van der Waals surface area contributed by atoms with E-state index in [1.807, 2.05) is 18.2 Å². The smallest absolute Gasteiger partial charge is 0.0454 e. The number of benzene rings is 1. The molecule has 15 heavy (non-hydrogen) atoms. The van der Waals surface area contributed by atoms with Crippen LogP contribution in [-0.4, -0.2) is 6.54 Å². The van der Waals surface area contributed by atoms with Crippen molar-refractivity contribution in [2.75, 3.05) is 6.54 Å². The van der Waals surface area contributed by atoms with E-state index in [2.05, 4.69) is 18.8 Å². The van der Waals surface area contributed by atoms with Crippen LogP contribution in [0.4, 0.5) is 0 Å². The lowest BCUT2D eigenvalue weighted by Crippen LogP contribution is -2.20. The van der Waals surface area contributed by atoms with Crippen LogP contribution in [0, 0.1) is 0 Å². The molecule has 0 spiro atoms. The second-order valence-electron chi connectivity index (χ2n) is 3.30. The quantitative estimate of drug-likeness (QED) is 0.764. The topological polar surface area (TPSA) is 12.0 Å². The Morgan fingerprint density at radius 3 is 2.80 bits per heavy atom. The summed E-state index contributed by atoms with van der Waals surface area (Å²) in [6.45, 7) is 6.70. The molecule has 0 heterocycles. The second-order valence-corrected chi connectivity index (χ2v) is 4.14. The summed E-state index contributed by atoms with van der Waals surface area (Å²) in [5, 5.41) is 4.81. The summed E-state index contributed by atoms with van der Waals surface area (Å²) in [6.07, 6.45) is 2.72. The maximum absolute atomic E-state index is 6.13. The Balaban J connectivity index is 2.97. The number of hydrogen-bond donors (Lipinski definition) is 1. The molecule has 0 saturated heterocycles. The molecule has 3 heteroatoms. The van der Waals surface area contributed by atoms with Gasteiger partial charge in [0.1, 0.15) is 0 Å². The van der Waals surface area contributed by atoms with E-state index in [-0.39, 0.29) is 6.04 Å².